The predicted molar refractivity (Wildman–Crippen MR) is 79.5 cm³/mol. The number of allylic oxidation sites excluding steroid dienone is 1. The number of nitrogens with one attached hydrogen (secondary N) is 1. The molecule has 0 saturated heterocycles. The van der Waals surface area contributed by atoms with Crippen molar-refractivity contribution in [3.8, 4) is 5.75 Å². The molecule has 0 saturated carbocycles. The van der Waals surface area contributed by atoms with Gasteiger partial charge in [-0.3, -0.25) is 5.41 Å². The zero-order chi connectivity index (χ0) is 14.3. The molecule has 1 rings (SSSR count). The van der Waals surface area contributed by atoms with E-state index in [2.05, 4.69) is 0 Å². The lowest BCUT2D eigenvalue weighted by Gasteiger charge is -2.11. The van der Waals surface area contributed by atoms with Crippen LogP contribution in [0.2, 0.25) is 0 Å². The van der Waals surface area contributed by atoms with Crippen molar-refractivity contribution in [2.45, 2.75) is 16.6 Å². The van der Waals surface area contributed by atoms with Crippen molar-refractivity contribution in [3.05, 3.63) is 42.0 Å². The quantitative estimate of drug-likeness (QED) is 0.368. The van der Waals surface area contributed by atoms with Gasteiger partial charge in [-0.1, -0.05) is 65.2 Å². The van der Waals surface area contributed by atoms with E-state index < -0.39 is 9.69 Å². The Morgan fingerprint density at radius 1 is 1.26 bits per heavy atom. The molecule has 0 fully saturated rings. The van der Waals surface area contributed by atoms with Crippen LogP contribution < -0.4 is 0 Å². The molecule has 1 aromatic carbocycles. The summed E-state index contributed by atoms with van der Waals surface area (Å²) in [4.78, 5) is 0. The first kappa shape index (κ1) is 16.2. The van der Waals surface area contributed by atoms with Gasteiger partial charge in [0.15, 0.2) is 0 Å². The van der Waals surface area contributed by atoms with Gasteiger partial charge in [0.25, 0.3) is 3.79 Å². The molecule has 0 aliphatic carbocycles. The second kappa shape index (κ2) is 7.63. The predicted octanol–water partition coefficient (Wildman–Crippen LogP) is 4.25. The summed E-state index contributed by atoms with van der Waals surface area (Å²) >= 11 is 16.4. The summed E-state index contributed by atoms with van der Waals surface area (Å²) < 4.78 is 3.12. The summed E-state index contributed by atoms with van der Waals surface area (Å²) in [5.74, 6) is -0.104. The highest BCUT2D eigenvalue weighted by atomic mass is 35.6. The Morgan fingerprint density at radius 2 is 1.95 bits per heavy atom. The number of rotatable bonds is 5. The Bertz CT molecular complexity index is 455. The Labute approximate surface area is 127 Å². The minimum atomic E-state index is -1.82. The van der Waals surface area contributed by atoms with Gasteiger partial charge in [0.05, 0.1) is 0 Å². The molecule has 6 heteroatoms. The molecule has 0 radical (unpaired) electrons. The number of benzene rings is 1. The fraction of sp³-hybridized carbons (Fsp3) is 0.308. The molecule has 0 spiro atoms. The first-order chi connectivity index (χ1) is 8.91. The van der Waals surface area contributed by atoms with E-state index >= 15 is 0 Å². The number of para-hydroxylation sites is 1. The molecule has 3 nitrogen and oxygen atoms in total. The highest BCUT2D eigenvalue weighted by molar-refractivity contribution is 6.76. The van der Waals surface area contributed by atoms with Crippen LogP contribution >= 0.6 is 34.8 Å². The Kier molecular flexibility index (Phi) is 6.49. The molecule has 2 N–H and O–H groups in total. The number of hydrogen-bond donors (Lipinski definition) is 2. The van der Waals surface area contributed by atoms with Crippen LogP contribution in [0.25, 0.3) is 0 Å². The van der Waals surface area contributed by atoms with Crippen molar-refractivity contribution in [2.75, 3.05) is 6.61 Å². The van der Waals surface area contributed by atoms with E-state index in [-0.39, 0.29) is 6.61 Å². The van der Waals surface area contributed by atoms with Crippen LogP contribution in [0.1, 0.15) is 12.0 Å². The van der Waals surface area contributed by atoms with Crippen molar-refractivity contribution in [3.63, 3.8) is 0 Å². The van der Waals surface area contributed by atoms with Crippen LogP contribution in [-0.4, -0.2) is 21.4 Å². The third kappa shape index (κ3) is 6.19. The van der Waals surface area contributed by atoms with Crippen molar-refractivity contribution < 1.29 is 9.84 Å². The van der Waals surface area contributed by atoms with E-state index in [1.165, 1.54) is 0 Å². The number of phenolic OH excluding ortho intramolecular Hbond substituents is 1. The molecule has 0 aromatic heterocycles. The minimum Gasteiger partial charge on any atom is -0.508 e. The van der Waals surface area contributed by atoms with Crippen LogP contribution in [0.4, 0.5) is 0 Å². The molecule has 1 aromatic rings. The first-order valence-electron chi connectivity index (χ1n) is 5.61. The maximum absolute atomic E-state index is 9.55. The third-order valence-corrected chi connectivity index (χ3v) is 2.83. The fourth-order valence-electron chi connectivity index (χ4n) is 1.36. The number of alkyl halides is 3. The summed E-state index contributed by atoms with van der Waals surface area (Å²) in [6.45, 7) is 0.174. The monoisotopic (exact) mass is 321 g/mol. The van der Waals surface area contributed by atoms with Crippen LogP contribution in [0, 0.1) is 5.41 Å². The molecular formula is C13H14Cl3NO2. The number of aromatic hydroxyl groups is 1. The fourth-order valence-corrected chi connectivity index (χ4v) is 1.52. The summed E-state index contributed by atoms with van der Waals surface area (Å²) in [5.41, 5.74) is 0.891. The molecule has 0 aliphatic heterocycles. The van der Waals surface area contributed by atoms with Gasteiger partial charge < -0.3 is 9.84 Å². The van der Waals surface area contributed by atoms with Crippen molar-refractivity contribution >= 4 is 40.7 Å². The second-order valence-electron chi connectivity index (χ2n) is 3.78. The molecule has 0 unspecified atom stereocenters. The molecule has 104 valence electrons. The molecule has 0 amide bonds. The molecule has 0 heterocycles. The molecule has 0 aliphatic rings. The van der Waals surface area contributed by atoms with E-state index in [4.69, 9.17) is 44.9 Å². The van der Waals surface area contributed by atoms with Crippen molar-refractivity contribution in [2.24, 2.45) is 0 Å². The van der Waals surface area contributed by atoms with E-state index in [0.717, 1.165) is 18.4 Å². The van der Waals surface area contributed by atoms with E-state index in [1.54, 1.807) is 18.2 Å². The van der Waals surface area contributed by atoms with Gasteiger partial charge in [0, 0.05) is 0 Å². The third-order valence-electron chi connectivity index (χ3n) is 2.32. The summed E-state index contributed by atoms with van der Waals surface area (Å²) in [5, 5.41) is 16.9. The van der Waals surface area contributed by atoms with Crippen LogP contribution in [-0.2, 0) is 11.2 Å². The number of hydrogen-bond acceptors (Lipinski definition) is 3. The topological polar surface area (TPSA) is 53.3 Å². The van der Waals surface area contributed by atoms with Gasteiger partial charge in [-0.25, -0.2) is 0 Å². The minimum absolute atomic E-state index is 0.174. The Balaban J connectivity index is 2.25. The lowest BCUT2D eigenvalue weighted by Crippen LogP contribution is -2.21. The average molecular weight is 323 g/mol. The lowest BCUT2D eigenvalue weighted by atomic mass is 10.1. The SMILES string of the molecule is N=C(OC/C=C\CCc1ccccc1O)C(Cl)(Cl)Cl. The lowest BCUT2D eigenvalue weighted by molar-refractivity contribution is 0.339. The highest BCUT2D eigenvalue weighted by Gasteiger charge is 2.28. The van der Waals surface area contributed by atoms with Gasteiger partial charge in [-0.2, -0.15) is 0 Å². The van der Waals surface area contributed by atoms with Crippen LogP contribution in [0.5, 0.6) is 5.75 Å². The molecular weight excluding hydrogens is 309 g/mol. The van der Waals surface area contributed by atoms with Crippen LogP contribution in [0.3, 0.4) is 0 Å². The van der Waals surface area contributed by atoms with Gasteiger partial charge in [-0.05, 0) is 24.5 Å². The highest BCUT2D eigenvalue weighted by Crippen LogP contribution is 2.27. The van der Waals surface area contributed by atoms with Gasteiger partial charge in [-0.15, -0.1) is 0 Å². The zero-order valence-electron chi connectivity index (χ0n) is 10.1. The summed E-state index contributed by atoms with van der Waals surface area (Å²) in [6.07, 6.45) is 5.11. The number of aryl methyl sites for hydroxylation is 1. The Morgan fingerprint density at radius 3 is 2.58 bits per heavy atom. The standard InChI is InChI=1S/C13H14Cl3NO2/c14-13(15,16)12(17)19-9-5-1-2-6-10-7-3-4-8-11(10)18/h1,3-5,7-8,17-18H,2,6,9H2/b5-1-,17-12?. The van der Waals surface area contributed by atoms with Gasteiger partial charge >= 0.3 is 0 Å². The smallest absolute Gasteiger partial charge is 0.265 e. The number of phenols is 1. The number of halogens is 3. The zero-order valence-corrected chi connectivity index (χ0v) is 12.3. The maximum atomic E-state index is 9.55. The average Bonchev–Trinajstić information content (AvgIpc) is 2.34. The molecule has 0 atom stereocenters. The Hall–Kier alpha value is -0.900. The van der Waals surface area contributed by atoms with Gasteiger partial charge in [0.2, 0.25) is 5.90 Å². The first-order valence-corrected chi connectivity index (χ1v) is 6.75. The van der Waals surface area contributed by atoms with E-state index in [9.17, 15) is 5.11 Å². The van der Waals surface area contributed by atoms with Crippen molar-refractivity contribution in [1.29, 1.82) is 5.41 Å². The van der Waals surface area contributed by atoms with E-state index in [0.29, 0.717) is 5.75 Å². The number of ether oxygens (including phenoxy) is 1. The summed E-state index contributed by atoms with van der Waals surface area (Å²) in [6, 6.07) is 7.19. The maximum Gasteiger partial charge on any atom is 0.265 e. The molecule has 0 bridgehead atoms. The van der Waals surface area contributed by atoms with Crippen molar-refractivity contribution in [1.82, 2.24) is 0 Å². The largest absolute Gasteiger partial charge is 0.508 e. The summed E-state index contributed by atoms with van der Waals surface area (Å²) in [7, 11) is 0. The second-order valence-corrected chi connectivity index (χ2v) is 6.06. The van der Waals surface area contributed by atoms with Crippen LogP contribution in [0.15, 0.2) is 36.4 Å². The van der Waals surface area contributed by atoms with E-state index in [1.807, 2.05) is 18.2 Å². The molecule has 19 heavy (non-hydrogen) atoms. The van der Waals surface area contributed by atoms with Gasteiger partial charge in [0.1, 0.15) is 12.4 Å². The normalized spacial score (nSPS) is 11.7.